The molecule has 1 aliphatic heterocycles. The molecule has 0 bridgehead atoms. The van der Waals surface area contributed by atoms with Crippen molar-refractivity contribution in [2.75, 3.05) is 72.5 Å². The molecule has 0 aromatic carbocycles. The van der Waals surface area contributed by atoms with Crippen molar-refractivity contribution in [1.29, 1.82) is 0 Å². The maximum absolute atomic E-state index is 11.8. The highest BCUT2D eigenvalue weighted by Crippen LogP contribution is 2.12. The van der Waals surface area contributed by atoms with Gasteiger partial charge in [0.25, 0.3) is 0 Å². The molecule has 172 valence electrons. The van der Waals surface area contributed by atoms with E-state index >= 15 is 0 Å². The van der Waals surface area contributed by atoms with Crippen LogP contribution in [0.4, 0.5) is 4.79 Å². The highest BCUT2D eigenvalue weighted by atomic mass is 16.6. The summed E-state index contributed by atoms with van der Waals surface area (Å²) in [4.78, 5) is 14.2. The van der Waals surface area contributed by atoms with Gasteiger partial charge in [0.1, 0.15) is 5.60 Å². The number of amides is 1. The molecule has 0 aromatic heterocycles. The highest BCUT2D eigenvalue weighted by Gasteiger charge is 2.23. The first kappa shape index (κ1) is 26.1. The quantitative estimate of drug-likeness (QED) is 0.409. The number of rotatable bonds is 15. The van der Waals surface area contributed by atoms with Crippen LogP contribution in [0.5, 0.6) is 0 Å². The Bertz CT molecular complexity index is 408. The predicted octanol–water partition coefficient (Wildman–Crippen LogP) is 2.45. The number of nitrogens with one attached hydrogen (secondary N) is 1. The van der Waals surface area contributed by atoms with Crippen molar-refractivity contribution < 1.29 is 28.5 Å². The first-order valence-corrected chi connectivity index (χ1v) is 10.9. The number of hydrogen-bond acceptors (Lipinski definition) is 7. The van der Waals surface area contributed by atoms with Crippen LogP contribution in [0.1, 0.15) is 47.0 Å². The Kier molecular flexibility index (Phi) is 14.3. The van der Waals surface area contributed by atoms with E-state index in [0.29, 0.717) is 46.2 Å². The highest BCUT2D eigenvalue weighted by molar-refractivity contribution is 5.68. The maximum atomic E-state index is 11.8. The molecule has 1 amide bonds. The Labute approximate surface area is 176 Å². The molecule has 1 fully saturated rings. The zero-order valence-electron chi connectivity index (χ0n) is 18.9. The van der Waals surface area contributed by atoms with Gasteiger partial charge in [0.15, 0.2) is 0 Å². The molecule has 0 saturated carbocycles. The first-order valence-electron chi connectivity index (χ1n) is 10.9. The van der Waals surface area contributed by atoms with Gasteiger partial charge in [-0.3, -0.25) is 0 Å². The second-order valence-corrected chi connectivity index (χ2v) is 8.21. The SMILES string of the molecule is CCCOCCOCCOCCOCCN1CCC(NC(=O)OC(C)(C)C)CC1. The monoisotopic (exact) mass is 418 g/mol. The summed E-state index contributed by atoms with van der Waals surface area (Å²) in [5, 5.41) is 2.96. The third kappa shape index (κ3) is 15.6. The molecule has 1 heterocycles. The fourth-order valence-corrected chi connectivity index (χ4v) is 2.87. The number of likely N-dealkylation sites (tertiary alicyclic amines) is 1. The Morgan fingerprint density at radius 3 is 1.83 bits per heavy atom. The van der Waals surface area contributed by atoms with Crippen LogP contribution in [0.25, 0.3) is 0 Å². The van der Waals surface area contributed by atoms with E-state index in [1.807, 2.05) is 20.8 Å². The minimum atomic E-state index is -0.456. The fourth-order valence-electron chi connectivity index (χ4n) is 2.87. The third-order valence-corrected chi connectivity index (χ3v) is 4.32. The summed E-state index contributed by atoms with van der Waals surface area (Å²) in [5.41, 5.74) is -0.456. The molecule has 0 atom stereocenters. The van der Waals surface area contributed by atoms with Gasteiger partial charge in [-0.25, -0.2) is 4.79 Å². The smallest absolute Gasteiger partial charge is 0.407 e. The van der Waals surface area contributed by atoms with E-state index in [4.69, 9.17) is 23.7 Å². The van der Waals surface area contributed by atoms with Crippen molar-refractivity contribution in [3.05, 3.63) is 0 Å². The predicted molar refractivity (Wildman–Crippen MR) is 112 cm³/mol. The summed E-state index contributed by atoms with van der Waals surface area (Å²) in [5.74, 6) is 0. The molecule has 0 aromatic rings. The van der Waals surface area contributed by atoms with E-state index in [-0.39, 0.29) is 12.1 Å². The van der Waals surface area contributed by atoms with Gasteiger partial charge in [-0.2, -0.15) is 0 Å². The van der Waals surface area contributed by atoms with Crippen molar-refractivity contribution in [2.24, 2.45) is 0 Å². The van der Waals surface area contributed by atoms with Crippen molar-refractivity contribution >= 4 is 6.09 Å². The molecule has 29 heavy (non-hydrogen) atoms. The Morgan fingerprint density at radius 1 is 0.862 bits per heavy atom. The zero-order valence-corrected chi connectivity index (χ0v) is 18.9. The van der Waals surface area contributed by atoms with Gasteiger partial charge in [-0.15, -0.1) is 0 Å². The second-order valence-electron chi connectivity index (χ2n) is 8.21. The van der Waals surface area contributed by atoms with Gasteiger partial charge < -0.3 is 33.9 Å². The molecule has 0 unspecified atom stereocenters. The summed E-state index contributed by atoms with van der Waals surface area (Å²) >= 11 is 0. The second kappa shape index (κ2) is 15.8. The molecule has 1 rings (SSSR count). The minimum Gasteiger partial charge on any atom is -0.444 e. The van der Waals surface area contributed by atoms with Crippen LogP contribution in [0.2, 0.25) is 0 Å². The summed E-state index contributed by atoms with van der Waals surface area (Å²) in [7, 11) is 0. The number of nitrogens with zero attached hydrogens (tertiary/aromatic N) is 1. The fraction of sp³-hybridized carbons (Fsp3) is 0.952. The van der Waals surface area contributed by atoms with Crippen LogP contribution in [0.3, 0.4) is 0 Å². The van der Waals surface area contributed by atoms with E-state index in [1.165, 1.54) is 0 Å². The van der Waals surface area contributed by atoms with E-state index in [2.05, 4.69) is 17.1 Å². The van der Waals surface area contributed by atoms with E-state index in [0.717, 1.165) is 45.5 Å². The number of piperidine rings is 1. The Morgan fingerprint density at radius 2 is 1.34 bits per heavy atom. The van der Waals surface area contributed by atoms with Crippen molar-refractivity contribution in [3.8, 4) is 0 Å². The van der Waals surface area contributed by atoms with E-state index in [1.54, 1.807) is 0 Å². The number of carbonyl (C=O) groups is 1. The van der Waals surface area contributed by atoms with Crippen LogP contribution in [-0.4, -0.2) is 95.1 Å². The lowest BCUT2D eigenvalue weighted by atomic mass is 10.1. The maximum Gasteiger partial charge on any atom is 0.407 e. The van der Waals surface area contributed by atoms with Gasteiger partial charge in [0.2, 0.25) is 0 Å². The van der Waals surface area contributed by atoms with Crippen LogP contribution in [0, 0.1) is 0 Å². The summed E-state index contributed by atoms with van der Waals surface area (Å²) < 4.78 is 27.2. The minimum absolute atomic E-state index is 0.191. The summed E-state index contributed by atoms with van der Waals surface area (Å²) in [6.45, 7) is 15.6. The van der Waals surface area contributed by atoms with Crippen molar-refractivity contribution in [1.82, 2.24) is 10.2 Å². The van der Waals surface area contributed by atoms with Crippen LogP contribution in [0.15, 0.2) is 0 Å². The number of alkyl carbamates (subject to hydrolysis) is 1. The molecule has 0 aliphatic carbocycles. The summed E-state index contributed by atoms with van der Waals surface area (Å²) in [6, 6.07) is 0.191. The Balaban J connectivity index is 1.88. The number of hydrogen-bond donors (Lipinski definition) is 1. The van der Waals surface area contributed by atoms with Crippen LogP contribution < -0.4 is 5.32 Å². The molecule has 8 heteroatoms. The topological polar surface area (TPSA) is 78.5 Å². The lowest BCUT2D eigenvalue weighted by Gasteiger charge is -2.32. The van der Waals surface area contributed by atoms with Gasteiger partial charge in [-0.1, -0.05) is 6.92 Å². The Hall–Kier alpha value is -0.930. The van der Waals surface area contributed by atoms with E-state index < -0.39 is 5.60 Å². The van der Waals surface area contributed by atoms with Crippen LogP contribution >= 0.6 is 0 Å². The van der Waals surface area contributed by atoms with Crippen molar-refractivity contribution in [2.45, 2.75) is 58.6 Å². The first-order chi connectivity index (χ1) is 13.9. The van der Waals surface area contributed by atoms with Gasteiger partial charge >= 0.3 is 6.09 Å². The lowest BCUT2D eigenvalue weighted by Crippen LogP contribution is -2.46. The standard InChI is InChI=1S/C21H42N2O6/c1-5-11-25-13-15-27-17-18-28-16-14-26-12-10-23-8-6-19(7-9-23)22-20(24)29-21(2,3)4/h19H,5-18H2,1-4H3,(H,22,24). The molecule has 8 nitrogen and oxygen atoms in total. The lowest BCUT2D eigenvalue weighted by molar-refractivity contribution is -0.00448. The van der Waals surface area contributed by atoms with Crippen LogP contribution in [-0.2, 0) is 23.7 Å². The molecular weight excluding hydrogens is 376 g/mol. The molecule has 0 radical (unpaired) electrons. The van der Waals surface area contributed by atoms with Gasteiger partial charge in [0, 0.05) is 32.3 Å². The number of carbonyl (C=O) groups excluding carboxylic acids is 1. The van der Waals surface area contributed by atoms with Crippen molar-refractivity contribution in [3.63, 3.8) is 0 Å². The average Bonchev–Trinajstić information content (AvgIpc) is 2.65. The van der Waals surface area contributed by atoms with Gasteiger partial charge in [0.05, 0.1) is 46.2 Å². The third-order valence-electron chi connectivity index (χ3n) is 4.32. The average molecular weight is 419 g/mol. The molecular formula is C21H42N2O6. The van der Waals surface area contributed by atoms with Gasteiger partial charge in [-0.05, 0) is 40.0 Å². The zero-order chi connectivity index (χ0) is 21.4. The molecule has 1 saturated heterocycles. The summed E-state index contributed by atoms with van der Waals surface area (Å²) in [6.07, 6.45) is 2.58. The molecule has 0 spiro atoms. The molecule has 1 aliphatic rings. The van der Waals surface area contributed by atoms with E-state index in [9.17, 15) is 4.79 Å². The normalized spacial score (nSPS) is 16.1. The number of ether oxygens (including phenoxy) is 5. The molecule has 1 N–H and O–H groups in total. The largest absolute Gasteiger partial charge is 0.444 e.